The average Bonchev–Trinajstić information content (AvgIpc) is 2.99. The predicted octanol–water partition coefficient (Wildman–Crippen LogP) is 4.07. The van der Waals surface area contributed by atoms with Crippen LogP contribution in [0.15, 0.2) is 18.2 Å². The molecule has 1 aliphatic rings. The standard InChI is InChI=1S/C16H21Cl2NO2/c1-2-19(11-12-5-4-10-21-12)9-8-15(20)13-6-3-7-14(17)16(13)18/h3,6-7,12H,2,4-5,8-11H2,1H3. The Morgan fingerprint density at radius 2 is 2.24 bits per heavy atom. The van der Waals surface area contributed by atoms with E-state index < -0.39 is 0 Å². The van der Waals surface area contributed by atoms with Crippen LogP contribution < -0.4 is 0 Å². The molecule has 5 heteroatoms. The molecule has 0 aliphatic carbocycles. The van der Waals surface area contributed by atoms with E-state index in [0.717, 1.165) is 39.1 Å². The fourth-order valence-corrected chi connectivity index (χ4v) is 2.97. The van der Waals surface area contributed by atoms with Crippen molar-refractivity contribution in [1.29, 1.82) is 0 Å². The number of hydrogen-bond donors (Lipinski definition) is 0. The van der Waals surface area contributed by atoms with Gasteiger partial charge in [0.15, 0.2) is 5.78 Å². The summed E-state index contributed by atoms with van der Waals surface area (Å²) in [5, 5.41) is 0.778. The summed E-state index contributed by atoms with van der Waals surface area (Å²) in [5.41, 5.74) is 0.511. The van der Waals surface area contributed by atoms with Gasteiger partial charge in [-0.15, -0.1) is 0 Å². The molecule has 1 heterocycles. The Morgan fingerprint density at radius 3 is 2.90 bits per heavy atom. The molecule has 1 fully saturated rings. The minimum Gasteiger partial charge on any atom is -0.377 e. The molecule has 1 aliphatic heterocycles. The third-order valence-corrected chi connectivity index (χ3v) is 4.66. The third kappa shape index (κ3) is 4.68. The van der Waals surface area contributed by atoms with Crippen molar-refractivity contribution in [2.75, 3.05) is 26.2 Å². The predicted molar refractivity (Wildman–Crippen MR) is 86.5 cm³/mol. The fourth-order valence-electron chi connectivity index (χ4n) is 2.57. The van der Waals surface area contributed by atoms with Crippen molar-refractivity contribution >= 4 is 29.0 Å². The first kappa shape index (κ1) is 16.8. The summed E-state index contributed by atoms with van der Waals surface area (Å²) >= 11 is 12.0. The number of hydrogen-bond acceptors (Lipinski definition) is 3. The van der Waals surface area contributed by atoms with Crippen LogP contribution in [-0.4, -0.2) is 43.0 Å². The molecule has 0 aromatic heterocycles. The smallest absolute Gasteiger partial charge is 0.165 e. The Bertz CT molecular complexity index is 487. The van der Waals surface area contributed by atoms with Gasteiger partial charge in [0, 0.05) is 31.7 Å². The van der Waals surface area contributed by atoms with Crippen molar-refractivity contribution in [3.05, 3.63) is 33.8 Å². The Balaban J connectivity index is 1.88. The third-order valence-electron chi connectivity index (χ3n) is 3.84. The van der Waals surface area contributed by atoms with E-state index in [2.05, 4.69) is 11.8 Å². The van der Waals surface area contributed by atoms with Crippen LogP contribution in [0.1, 0.15) is 36.5 Å². The first-order chi connectivity index (χ1) is 10.1. The van der Waals surface area contributed by atoms with E-state index in [1.165, 1.54) is 0 Å². The largest absolute Gasteiger partial charge is 0.377 e. The number of Topliss-reactive ketones (excluding diaryl/α,β-unsaturated/α-hetero) is 1. The molecule has 0 radical (unpaired) electrons. The van der Waals surface area contributed by atoms with Crippen LogP contribution in [0.4, 0.5) is 0 Å². The van der Waals surface area contributed by atoms with Gasteiger partial charge in [-0.3, -0.25) is 4.79 Å². The van der Waals surface area contributed by atoms with Gasteiger partial charge in [-0.2, -0.15) is 0 Å². The summed E-state index contributed by atoms with van der Waals surface area (Å²) in [5.74, 6) is 0.0355. The lowest BCUT2D eigenvalue weighted by atomic mass is 10.1. The number of ketones is 1. The maximum atomic E-state index is 12.3. The van der Waals surface area contributed by atoms with Crippen LogP contribution >= 0.6 is 23.2 Å². The summed E-state index contributed by atoms with van der Waals surface area (Å²) in [7, 11) is 0. The SMILES string of the molecule is CCN(CCC(=O)c1cccc(Cl)c1Cl)CC1CCCO1. The first-order valence-electron chi connectivity index (χ1n) is 7.43. The number of nitrogens with zero attached hydrogens (tertiary/aromatic N) is 1. The molecule has 21 heavy (non-hydrogen) atoms. The Hall–Kier alpha value is -0.610. The van der Waals surface area contributed by atoms with Crippen molar-refractivity contribution in [3.8, 4) is 0 Å². The molecule has 116 valence electrons. The molecule has 1 atom stereocenters. The molecular weight excluding hydrogens is 309 g/mol. The fraction of sp³-hybridized carbons (Fsp3) is 0.562. The Labute approximate surface area is 136 Å². The topological polar surface area (TPSA) is 29.5 Å². The van der Waals surface area contributed by atoms with E-state index in [0.29, 0.717) is 28.1 Å². The Morgan fingerprint density at radius 1 is 1.43 bits per heavy atom. The first-order valence-corrected chi connectivity index (χ1v) is 8.18. The second-order valence-electron chi connectivity index (χ2n) is 5.30. The van der Waals surface area contributed by atoms with Crippen molar-refractivity contribution in [2.24, 2.45) is 0 Å². The van der Waals surface area contributed by atoms with Crippen molar-refractivity contribution in [2.45, 2.75) is 32.3 Å². The second-order valence-corrected chi connectivity index (χ2v) is 6.09. The lowest BCUT2D eigenvalue weighted by molar-refractivity contribution is 0.0720. The van der Waals surface area contributed by atoms with E-state index in [1.54, 1.807) is 18.2 Å². The van der Waals surface area contributed by atoms with Crippen LogP contribution in [0.3, 0.4) is 0 Å². The van der Waals surface area contributed by atoms with Gasteiger partial charge in [0.05, 0.1) is 16.1 Å². The quantitative estimate of drug-likeness (QED) is 0.706. The van der Waals surface area contributed by atoms with E-state index >= 15 is 0 Å². The van der Waals surface area contributed by atoms with Crippen molar-refractivity contribution in [3.63, 3.8) is 0 Å². The number of likely N-dealkylation sites (N-methyl/N-ethyl adjacent to an activating group) is 1. The zero-order valence-electron chi connectivity index (χ0n) is 12.3. The number of ether oxygens (including phenoxy) is 1. The molecule has 0 spiro atoms. The highest BCUT2D eigenvalue weighted by atomic mass is 35.5. The highest BCUT2D eigenvalue weighted by Crippen LogP contribution is 2.26. The number of rotatable bonds is 7. The monoisotopic (exact) mass is 329 g/mol. The molecule has 0 bridgehead atoms. The van der Waals surface area contributed by atoms with Crippen LogP contribution in [0, 0.1) is 0 Å². The van der Waals surface area contributed by atoms with Crippen LogP contribution in [-0.2, 0) is 4.74 Å². The maximum Gasteiger partial charge on any atom is 0.165 e. The van der Waals surface area contributed by atoms with Gasteiger partial charge in [-0.1, -0.05) is 36.2 Å². The Kier molecular flexibility index (Phi) is 6.49. The van der Waals surface area contributed by atoms with Gasteiger partial charge < -0.3 is 9.64 Å². The number of carbonyl (C=O) groups excluding carboxylic acids is 1. The second kappa shape index (κ2) is 8.14. The number of carbonyl (C=O) groups is 1. The van der Waals surface area contributed by atoms with Crippen molar-refractivity contribution < 1.29 is 9.53 Å². The molecular formula is C16H21Cl2NO2. The highest BCUT2D eigenvalue weighted by Gasteiger charge is 2.19. The summed E-state index contributed by atoms with van der Waals surface area (Å²) in [6.07, 6.45) is 3.01. The van der Waals surface area contributed by atoms with Gasteiger partial charge in [0.1, 0.15) is 0 Å². The molecule has 1 unspecified atom stereocenters. The summed E-state index contributed by atoms with van der Waals surface area (Å²) in [6.45, 7) is 5.49. The summed E-state index contributed by atoms with van der Waals surface area (Å²) in [4.78, 5) is 14.5. The van der Waals surface area contributed by atoms with E-state index in [4.69, 9.17) is 27.9 Å². The molecule has 2 rings (SSSR count). The van der Waals surface area contributed by atoms with Gasteiger partial charge >= 0.3 is 0 Å². The van der Waals surface area contributed by atoms with Crippen LogP contribution in [0.2, 0.25) is 10.0 Å². The van der Waals surface area contributed by atoms with Gasteiger partial charge in [0.25, 0.3) is 0 Å². The van der Waals surface area contributed by atoms with Gasteiger partial charge in [0.2, 0.25) is 0 Å². The zero-order valence-corrected chi connectivity index (χ0v) is 13.8. The van der Waals surface area contributed by atoms with Crippen LogP contribution in [0.5, 0.6) is 0 Å². The maximum absolute atomic E-state index is 12.3. The zero-order chi connectivity index (χ0) is 15.2. The molecule has 0 saturated carbocycles. The lowest BCUT2D eigenvalue weighted by Crippen LogP contribution is -2.33. The van der Waals surface area contributed by atoms with Crippen molar-refractivity contribution in [1.82, 2.24) is 4.90 Å². The van der Waals surface area contributed by atoms with E-state index in [1.807, 2.05) is 0 Å². The molecule has 0 N–H and O–H groups in total. The number of halogens is 2. The van der Waals surface area contributed by atoms with E-state index in [-0.39, 0.29) is 5.78 Å². The summed E-state index contributed by atoms with van der Waals surface area (Å²) < 4.78 is 5.65. The van der Waals surface area contributed by atoms with Crippen LogP contribution in [0.25, 0.3) is 0 Å². The molecule has 3 nitrogen and oxygen atoms in total. The lowest BCUT2D eigenvalue weighted by Gasteiger charge is -2.23. The molecule has 1 aromatic rings. The summed E-state index contributed by atoms with van der Waals surface area (Å²) in [6, 6.07) is 5.18. The number of benzene rings is 1. The molecule has 1 aromatic carbocycles. The molecule has 1 saturated heterocycles. The minimum absolute atomic E-state index is 0.0355. The average molecular weight is 330 g/mol. The minimum atomic E-state index is 0.0355. The molecule has 0 amide bonds. The van der Waals surface area contributed by atoms with Gasteiger partial charge in [-0.25, -0.2) is 0 Å². The van der Waals surface area contributed by atoms with Gasteiger partial charge in [-0.05, 0) is 31.5 Å². The highest BCUT2D eigenvalue weighted by molar-refractivity contribution is 6.43. The normalized spacial score (nSPS) is 18.4. The van der Waals surface area contributed by atoms with E-state index in [9.17, 15) is 4.79 Å².